The molecule has 0 saturated carbocycles. The third kappa shape index (κ3) is 3.89. The molecule has 0 aliphatic rings. The molecule has 98 valence electrons. The highest BCUT2D eigenvalue weighted by Crippen LogP contribution is 2.04. The Labute approximate surface area is 112 Å². The summed E-state index contributed by atoms with van der Waals surface area (Å²) in [4.78, 5) is 15.7. The van der Waals surface area contributed by atoms with Crippen LogP contribution in [0.1, 0.15) is 21.6 Å². The molecule has 2 N–H and O–H groups in total. The van der Waals surface area contributed by atoms with Crippen molar-refractivity contribution < 1.29 is 9.90 Å². The van der Waals surface area contributed by atoms with E-state index in [-0.39, 0.29) is 12.5 Å². The van der Waals surface area contributed by atoms with Gasteiger partial charge < -0.3 is 10.4 Å². The summed E-state index contributed by atoms with van der Waals surface area (Å²) >= 11 is 0. The maximum atomic E-state index is 11.7. The van der Waals surface area contributed by atoms with Crippen LogP contribution >= 0.6 is 0 Å². The summed E-state index contributed by atoms with van der Waals surface area (Å²) in [5, 5.41) is 11.8. The fourth-order valence-electron chi connectivity index (χ4n) is 1.72. The third-order valence-corrected chi connectivity index (χ3v) is 2.80. The fraction of sp³-hybridized carbons (Fsp3) is 0.200. The van der Waals surface area contributed by atoms with Crippen LogP contribution in [0.15, 0.2) is 48.7 Å². The van der Waals surface area contributed by atoms with E-state index in [0.29, 0.717) is 12.2 Å². The molecule has 0 fully saturated rings. The Morgan fingerprint density at radius 1 is 1.11 bits per heavy atom. The van der Waals surface area contributed by atoms with Crippen LogP contribution in [-0.2, 0) is 13.0 Å². The molecule has 0 spiro atoms. The van der Waals surface area contributed by atoms with Gasteiger partial charge in [0.1, 0.15) is 5.69 Å². The van der Waals surface area contributed by atoms with Crippen molar-refractivity contribution in [2.24, 2.45) is 0 Å². The fourth-order valence-corrected chi connectivity index (χ4v) is 1.72. The van der Waals surface area contributed by atoms with Gasteiger partial charge in [0.05, 0.1) is 6.61 Å². The maximum Gasteiger partial charge on any atom is 0.269 e. The van der Waals surface area contributed by atoms with Crippen LogP contribution in [0.3, 0.4) is 0 Å². The quantitative estimate of drug-likeness (QED) is 0.853. The third-order valence-electron chi connectivity index (χ3n) is 2.80. The van der Waals surface area contributed by atoms with E-state index < -0.39 is 0 Å². The molecule has 0 unspecified atom stereocenters. The predicted molar refractivity (Wildman–Crippen MR) is 72.6 cm³/mol. The van der Waals surface area contributed by atoms with Crippen LogP contribution in [0.25, 0.3) is 0 Å². The summed E-state index contributed by atoms with van der Waals surface area (Å²) in [5.74, 6) is -0.160. The molecule has 0 aliphatic carbocycles. The van der Waals surface area contributed by atoms with Gasteiger partial charge in [0.15, 0.2) is 0 Å². The summed E-state index contributed by atoms with van der Waals surface area (Å²) in [7, 11) is 0. The van der Waals surface area contributed by atoms with E-state index in [1.807, 2.05) is 24.3 Å². The van der Waals surface area contributed by atoms with Gasteiger partial charge in [-0.2, -0.15) is 0 Å². The van der Waals surface area contributed by atoms with Gasteiger partial charge in [-0.15, -0.1) is 0 Å². The number of aromatic nitrogens is 1. The molecule has 0 radical (unpaired) electrons. The van der Waals surface area contributed by atoms with Crippen molar-refractivity contribution in [2.45, 2.75) is 13.0 Å². The minimum atomic E-state index is -0.160. The number of amides is 1. The molecule has 4 heteroatoms. The number of aliphatic hydroxyl groups excluding tert-OH is 1. The molecule has 0 bridgehead atoms. The van der Waals surface area contributed by atoms with Crippen molar-refractivity contribution in [2.75, 3.05) is 6.54 Å². The van der Waals surface area contributed by atoms with Crippen LogP contribution in [0.5, 0.6) is 0 Å². The van der Waals surface area contributed by atoms with Crippen molar-refractivity contribution in [3.05, 3.63) is 65.5 Å². The van der Waals surface area contributed by atoms with Gasteiger partial charge >= 0.3 is 0 Å². The highest BCUT2D eigenvalue weighted by atomic mass is 16.3. The lowest BCUT2D eigenvalue weighted by Gasteiger charge is -2.05. The Morgan fingerprint density at radius 2 is 1.84 bits per heavy atom. The monoisotopic (exact) mass is 256 g/mol. The van der Waals surface area contributed by atoms with Gasteiger partial charge in [-0.25, -0.2) is 0 Å². The summed E-state index contributed by atoms with van der Waals surface area (Å²) in [6.07, 6.45) is 2.35. The topological polar surface area (TPSA) is 62.2 Å². The lowest BCUT2D eigenvalue weighted by molar-refractivity contribution is 0.0949. The lowest BCUT2D eigenvalue weighted by atomic mass is 10.1. The minimum Gasteiger partial charge on any atom is -0.392 e. The summed E-state index contributed by atoms with van der Waals surface area (Å²) in [5.41, 5.74) is 2.44. The lowest BCUT2D eigenvalue weighted by Crippen LogP contribution is -2.26. The molecule has 4 nitrogen and oxygen atoms in total. The van der Waals surface area contributed by atoms with Gasteiger partial charge in [0, 0.05) is 12.7 Å². The largest absolute Gasteiger partial charge is 0.392 e. The number of hydrogen-bond acceptors (Lipinski definition) is 3. The molecule has 1 aromatic carbocycles. The van der Waals surface area contributed by atoms with Crippen LogP contribution < -0.4 is 5.32 Å². The van der Waals surface area contributed by atoms with Gasteiger partial charge in [-0.1, -0.05) is 30.3 Å². The standard InChI is InChI=1S/C15H16N2O2/c18-11-13-6-4-12(5-7-13)8-10-17-15(19)14-3-1-2-9-16-14/h1-7,9,18H,8,10-11H2,(H,17,19). The number of nitrogens with zero attached hydrogens (tertiary/aromatic N) is 1. The Balaban J connectivity index is 1.81. The predicted octanol–water partition coefficient (Wildman–Crippen LogP) is 1.55. The van der Waals surface area contributed by atoms with Crippen LogP contribution in [-0.4, -0.2) is 22.5 Å². The molecule has 1 amide bonds. The molecular weight excluding hydrogens is 240 g/mol. The number of pyridine rings is 1. The second-order valence-electron chi connectivity index (χ2n) is 4.20. The highest BCUT2D eigenvalue weighted by Gasteiger charge is 2.04. The van der Waals surface area contributed by atoms with Gasteiger partial charge in [0.2, 0.25) is 0 Å². The zero-order valence-electron chi connectivity index (χ0n) is 10.5. The van der Waals surface area contributed by atoms with E-state index >= 15 is 0 Å². The number of aliphatic hydroxyl groups is 1. The summed E-state index contributed by atoms with van der Waals surface area (Å²) in [6, 6.07) is 12.9. The molecule has 1 heterocycles. The Kier molecular flexibility index (Phi) is 4.64. The molecule has 0 saturated heterocycles. The summed E-state index contributed by atoms with van der Waals surface area (Å²) in [6.45, 7) is 0.616. The van der Waals surface area contributed by atoms with E-state index in [0.717, 1.165) is 17.5 Å². The first-order chi connectivity index (χ1) is 9.29. The minimum absolute atomic E-state index is 0.0523. The first-order valence-electron chi connectivity index (χ1n) is 6.17. The Morgan fingerprint density at radius 3 is 2.47 bits per heavy atom. The van der Waals surface area contributed by atoms with E-state index in [1.165, 1.54) is 0 Å². The van der Waals surface area contributed by atoms with Crippen molar-refractivity contribution in [1.82, 2.24) is 10.3 Å². The maximum absolute atomic E-state index is 11.7. The number of nitrogens with one attached hydrogen (secondary N) is 1. The van der Waals surface area contributed by atoms with E-state index in [2.05, 4.69) is 10.3 Å². The second kappa shape index (κ2) is 6.66. The molecule has 1 aromatic heterocycles. The zero-order valence-corrected chi connectivity index (χ0v) is 10.5. The highest BCUT2D eigenvalue weighted by molar-refractivity contribution is 5.92. The molecule has 0 aliphatic heterocycles. The average Bonchev–Trinajstić information content (AvgIpc) is 2.49. The first-order valence-corrected chi connectivity index (χ1v) is 6.17. The van der Waals surface area contributed by atoms with Crippen molar-refractivity contribution in [3.8, 4) is 0 Å². The molecule has 2 rings (SSSR count). The van der Waals surface area contributed by atoms with Crippen molar-refractivity contribution >= 4 is 5.91 Å². The smallest absolute Gasteiger partial charge is 0.269 e. The molecular formula is C15H16N2O2. The first kappa shape index (κ1) is 13.2. The Bertz CT molecular complexity index is 524. The van der Waals surface area contributed by atoms with Crippen LogP contribution in [0.4, 0.5) is 0 Å². The number of rotatable bonds is 5. The van der Waals surface area contributed by atoms with Crippen molar-refractivity contribution in [3.63, 3.8) is 0 Å². The zero-order chi connectivity index (χ0) is 13.5. The van der Waals surface area contributed by atoms with Crippen molar-refractivity contribution in [1.29, 1.82) is 0 Å². The van der Waals surface area contributed by atoms with Gasteiger partial charge in [-0.3, -0.25) is 9.78 Å². The summed E-state index contributed by atoms with van der Waals surface area (Å²) < 4.78 is 0. The SMILES string of the molecule is O=C(NCCc1ccc(CO)cc1)c1ccccn1. The average molecular weight is 256 g/mol. The number of carbonyl (C=O) groups excluding carboxylic acids is 1. The van der Waals surface area contributed by atoms with Crippen LogP contribution in [0, 0.1) is 0 Å². The van der Waals surface area contributed by atoms with Gasteiger partial charge in [-0.05, 0) is 29.7 Å². The molecule has 2 aromatic rings. The van der Waals surface area contributed by atoms with E-state index in [1.54, 1.807) is 24.4 Å². The number of hydrogen-bond donors (Lipinski definition) is 2. The van der Waals surface area contributed by atoms with E-state index in [4.69, 9.17) is 5.11 Å². The molecule has 19 heavy (non-hydrogen) atoms. The van der Waals surface area contributed by atoms with E-state index in [9.17, 15) is 4.79 Å². The number of carbonyl (C=O) groups is 1. The Hall–Kier alpha value is -2.20. The van der Waals surface area contributed by atoms with Crippen LogP contribution in [0.2, 0.25) is 0 Å². The number of benzene rings is 1. The normalized spacial score (nSPS) is 10.2. The van der Waals surface area contributed by atoms with Gasteiger partial charge in [0.25, 0.3) is 5.91 Å². The molecule has 0 atom stereocenters. The second-order valence-corrected chi connectivity index (χ2v) is 4.20.